The third-order valence-corrected chi connectivity index (χ3v) is 7.54. The van der Waals surface area contributed by atoms with Gasteiger partial charge in [-0.15, -0.1) is 11.3 Å². The van der Waals surface area contributed by atoms with E-state index in [2.05, 4.69) is 15.1 Å². The van der Waals surface area contributed by atoms with Gasteiger partial charge in [0.2, 0.25) is 5.88 Å². The number of rotatable bonds is 6. The molecule has 4 aromatic heterocycles. The van der Waals surface area contributed by atoms with Crippen LogP contribution < -0.4 is 16.4 Å². The second-order valence-electron chi connectivity index (χ2n) is 9.09. The van der Waals surface area contributed by atoms with E-state index in [1.165, 1.54) is 11.3 Å². The second-order valence-corrected chi connectivity index (χ2v) is 10.2. The maximum Gasteiger partial charge on any atom is 0.326 e. The number of H-pyrrole nitrogens is 2. The molecule has 2 fully saturated rings. The Kier molecular flexibility index (Phi) is 5.69. The molecule has 1 aliphatic carbocycles. The molecule has 0 spiro atoms. The van der Waals surface area contributed by atoms with Gasteiger partial charge in [-0.3, -0.25) is 14.8 Å². The van der Waals surface area contributed by atoms with E-state index in [4.69, 9.17) is 14.7 Å². The Bertz CT molecular complexity index is 1630. The number of hydrogen-bond donors (Lipinski definition) is 3. The van der Waals surface area contributed by atoms with Crippen LogP contribution in [-0.4, -0.2) is 72.8 Å². The topological polar surface area (TPSA) is 141 Å². The number of fused-ring (bicyclic) bond motifs is 1. The van der Waals surface area contributed by atoms with E-state index in [9.17, 15) is 14.7 Å². The number of ether oxygens (including phenoxy) is 1. The van der Waals surface area contributed by atoms with E-state index in [1.54, 1.807) is 23.9 Å². The molecule has 1 amide bonds. The van der Waals surface area contributed by atoms with E-state index >= 15 is 0 Å². The summed E-state index contributed by atoms with van der Waals surface area (Å²) in [6, 6.07) is 6.02. The number of thiophene rings is 1. The average Bonchev–Trinajstić information content (AvgIpc) is 3.24. The van der Waals surface area contributed by atoms with Crippen molar-refractivity contribution in [3.05, 3.63) is 56.2 Å². The highest BCUT2D eigenvalue weighted by atomic mass is 32.1. The van der Waals surface area contributed by atoms with Crippen molar-refractivity contribution in [2.45, 2.75) is 37.8 Å². The Morgan fingerprint density at radius 3 is 2.94 bits per heavy atom. The number of likely N-dealkylation sites (tertiary alicyclic amines) is 1. The van der Waals surface area contributed by atoms with Gasteiger partial charge in [0, 0.05) is 24.9 Å². The summed E-state index contributed by atoms with van der Waals surface area (Å²) in [6.07, 6.45) is 7.23. The van der Waals surface area contributed by atoms with Crippen molar-refractivity contribution in [3.63, 3.8) is 0 Å². The van der Waals surface area contributed by atoms with E-state index in [0.29, 0.717) is 33.5 Å². The molecule has 12 heteroatoms. The number of amides is 1. The predicted octanol–water partition coefficient (Wildman–Crippen LogP) is 1.04. The zero-order chi connectivity index (χ0) is 24.8. The molecule has 2 aliphatic rings. The minimum absolute atomic E-state index is 0.0139. The van der Waals surface area contributed by atoms with Gasteiger partial charge in [0.05, 0.1) is 40.3 Å². The average molecular weight is 508 g/mol. The van der Waals surface area contributed by atoms with Gasteiger partial charge in [-0.25, -0.2) is 9.78 Å². The number of aromatic hydroxyl groups is 1. The number of carbonyl (C=O) groups excluding carboxylic acids is 1. The zero-order valence-electron chi connectivity index (χ0n) is 19.6. The van der Waals surface area contributed by atoms with Crippen molar-refractivity contribution in [2.24, 2.45) is 4.99 Å². The van der Waals surface area contributed by atoms with Crippen molar-refractivity contribution in [2.75, 3.05) is 20.3 Å². The first-order valence-electron chi connectivity index (χ1n) is 11.9. The fraction of sp³-hybridized carbons (Fsp3) is 0.375. The van der Waals surface area contributed by atoms with Crippen LogP contribution in [0.15, 0.2) is 34.2 Å². The Labute approximate surface area is 208 Å². The minimum Gasteiger partial charge on any atom is -0.493 e. The van der Waals surface area contributed by atoms with Crippen LogP contribution in [0.1, 0.15) is 41.0 Å². The van der Waals surface area contributed by atoms with Crippen LogP contribution in [0.5, 0.6) is 5.88 Å². The molecule has 6 rings (SSSR count). The lowest BCUT2D eigenvalue weighted by Gasteiger charge is -2.23. The molecule has 0 bridgehead atoms. The van der Waals surface area contributed by atoms with Gasteiger partial charge >= 0.3 is 5.69 Å². The molecule has 11 nitrogen and oxygen atoms in total. The van der Waals surface area contributed by atoms with Gasteiger partial charge in [-0.2, -0.15) is 9.61 Å². The zero-order valence-corrected chi connectivity index (χ0v) is 20.4. The first-order valence-corrected chi connectivity index (χ1v) is 12.7. The molecule has 1 saturated heterocycles. The second kappa shape index (κ2) is 9.03. The normalized spacial score (nSPS) is 19.1. The van der Waals surface area contributed by atoms with Gasteiger partial charge in [0.15, 0.2) is 11.1 Å². The van der Waals surface area contributed by atoms with Crippen molar-refractivity contribution in [1.82, 2.24) is 29.5 Å². The molecule has 0 aromatic carbocycles. The molecule has 1 aliphatic heterocycles. The summed E-state index contributed by atoms with van der Waals surface area (Å²) in [5.41, 5.74) is 1.62. The number of imidazole rings is 1. The first-order chi connectivity index (χ1) is 17.5. The third-order valence-electron chi connectivity index (χ3n) is 6.44. The lowest BCUT2D eigenvalue weighted by atomic mass is 10.2. The molecular formula is C24H25N7O4S. The number of aromatic amines is 2. The fourth-order valence-corrected chi connectivity index (χ4v) is 5.45. The highest BCUT2D eigenvalue weighted by Gasteiger charge is 2.30. The number of carbonyl (C=O) groups is 1. The molecule has 36 heavy (non-hydrogen) atoms. The number of hydrogen-bond acceptors (Lipinski definition) is 8. The number of methoxy groups -OCH3 is 1. The Morgan fingerprint density at radius 2 is 2.19 bits per heavy atom. The highest BCUT2D eigenvalue weighted by Crippen LogP contribution is 2.29. The van der Waals surface area contributed by atoms with Crippen molar-refractivity contribution < 1.29 is 14.6 Å². The van der Waals surface area contributed by atoms with Crippen LogP contribution in [-0.2, 0) is 4.74 Å². The van der Waals surface area contributed by atoms with Crippen LogP contribution in [0.25, 0.3) is 22.3 Å². The molecule has 0 radical (unpaired) electrons. The summed E-state index contributed by atoms with van der Waals surface area (Å²) in [6.45, 7) is 1.27. The van der Waals surface area contributed by atoms with Crippen LogP contribution in [0.3, 0.4) is 0 Å². The van der Waals surface area contributed by atoms with Crippen molar-refractivity contribution in [1.29, 1.82) is 0 Å². The Balaban J connectivity index is 1.42. The fourth-order valence-electron chi connectivity index (χ4n) is 4.52. The smallest absolute Gasteiger partial charge is 0.326 e. The van der Waals surface area contributed by atoms with E-state index < -0.39 is 5.69 Å². The maximum atomic E-state index is 13.2. The van der Waals surface area contributed by atoms with Gasteiger partial charge in [0.25, 0.3) is 5.91 Å². The maximum absolute atomic E-state index is 13.2. The van der Waals surface area contributed by atoms with Gasteiger partial charge in [-0.05, 0) is 43.9 Å². The number of nitrogens with zero attached hydrogens (tertiary/aromatic N) is 5. The minimum atomic E-state index is -0.505. The molecule has 186 valence electrons. The summed E-state index contributed by atoms with van der Waals surface area (Å²) >= 11 is 1.40. The van der Waals surface area contributed by atoms with E-state index in [1.807, 2.05) is 23.1 Å². The van der Waals surface area contributed by atoms with Gasteiger partial charge in [-0.1, -0.05) is 0 Å². The van der Waals surface area contributed by atoms with Crippen LogP contribution in [0.4, 0.5) is 0 Å². The summed E-state index contributed by atoms with van der Waals surface area (Å²) in [5.74, 6) is -0.242. The quantitative estimate of drug-likeness (QED) is 0.356. The standard InChI is InChI=1S/C24H25N7O4S/c1-35-12-15-3-2-8-30(15)23(33)19-7-6-18(36-19)16-10-20(26-14-4-5-14)31-21(27-16)13(11-25-31)9-17-22(32)29-24(34)28-17/h6-7,9-11,14-15,32H,2-5,8,12H2,1H3,(H2,28,29,34)/t15-/m0/s1. The van der Waals surface area contributed by atoms with Gasteiger partial charge in [0.1, 0.15) is 5.69 Å². The summed E-state index contributed by atoms with van der Waals surface area (Å²) in [5, 5.41) is 15.1. The SMILES string of the molecule is COC[C@@H]1CCCN1C(=O)c1ccc(-c2cc(=NC3CC3)n3ncc(=Cc4[nH]c(=O)[nH]c4O)c3n2)s1. The Morgan fingerprint density at radius 1 is 1.33 bits per heavy atom. The Hall–Kier alpha value is -3.77. The van der Waals surface area contributed by atoms with Crippen LogP contribution in [0.2, 0.25) is 0 Å². The molecule has 1 saturated carbocycles. The van der Waals surface area contributed by atoms with E-state index in [-0.39, 0.29) is 29.6 Å². The van der Waals surface area contributed by atoms with Crippen molar-refractivity contribution in [3.8, 4) is 16.5 Å². The van der Waals surface area contributed by atoms with Crippen LogP contribution in [0, 0.1) is 0 Å². The number of aromatic nitrogens is 5. The predicted molar refractivity (Wildman–Crippen MR) is 133 cm³/mol. The highest BCUT2D eigenvalue weighted by molar-refractivity contribution is 7.17. The van der Waals surface area contributed by atoms with Gasteiger partial charge < -0.3 is 19.7 Å². The lowest BCUT2D eigenvalue weighted by Crippen LogP contribution is -2.37. The summed E-state index contributed by atoms with van der Waals surface area (Å²) in [4.78, 5) is 42.7. The number of nitrogens with one attached hydrogen (secondary N) is 2. The first kappa shape index (κ1) is 22.7. The largest absolute Gasteiger partial charge is 0.493 e. The van der Waals surface area contributed by atoms with Crippen molar-refractivity contribution >= 4 is 29.0 Å². The summed E-state index contributed by atoms with van der Waals surface area (Å²) in [7, 11) is 1.66. The molecule has 4 aromatic rings. The van der Waals surface area contributed by atoms with Crippen LogP contribution >= 0.6 is 11.3 Å². The lowest BCUT2D eigenvalue weighted by molar-refractivity contribution is 0.0635. The van der Waals surface area contributed by atoms with E-state index in [0.717, 1.165) is 37.1 Å². The third kappa shape index (κ3) is 4.22. The molecule has 0 unspecified atom stereocenters. The molecular weight excluding hydrogens is 482 g/mol. The molecule has 5 heterocycles. The monoisotopic (exact) mass is 507 g/mol. The summed E-state index contributed by atoms with van der Waals surface area (Å²) < 4.78 is 6.96. The molecule has 3 N–H and O–H groups in total. The molecule has 1 atom stereocenters.